The normalized spacial score (nSPS) is 26.1. The average Bonchev–Trinajstić information content (AvgIpc) is 2.47. The van der Waals surface area contributed by atoms with Crippen molar-refractivity contribution >= 4 is 12.1 Å². The number of carbonyl (C=O) groups excluding carboxylic acids is 1. The van der Waals surface area contributed by atoms with Crippen molar-refractivity contribution in [1.29, 1.82) is 0 Å². The molecule has 2 bridgehead atoms. The first-order chi connectivity index (χ1) is 10.00. The quantitative estimate of drug-likeness (QED) is 0.662. The lowest BCUT2D eigenvalue weighted by molar-refractivity contribution is -0.00126. The van der Waals surface area contributed by atoms with Crippen LogP contribution in [0.15, 0.2) is 41.0 Å². The maximum absolute atomic E-state index is 11.9. The highest BCUT2D eigenvalue weighted by Gasteiger charge is 2.50. The number of fused-ring (bicyclic) bond motifs is 1. The molecule has 1 fully saturated rings. The third kappa shape index (κ3) is 2.35. The summed E-state index contributed by atoms with van der Waals surface area (Å²) in [6, 6.07) is 6.44. The molecular formula is C17H20N2O2. The van der Waals surface area contributed by atoms with Gasteiger partial charge in [0.2, 0.25) is 0 Å². The predicted molar refractivity (Wildman–Crippen MR) is 82.1 cm³/mol. The topological polar surface area (TPSA) is 61.7 Å². The number of amides is 1. The van der Waals surface area contributed by atoms with Gasteiger partial charge >= 0.3 is 0 Å². The zero-order chi connectivity index (χ0) is 15.0. The number of carbonyl (C=O) groups is 1. The Morgan fingerprint density at radius 2 is 2.19 bits per heavy atom. The summed E-state index contributed by atoms with van der Waals surface area (Å²) in [5, 5.41) is 13.7. The van der Waals surface area contributed by atoms with Gasteiger partial charge in [-0.05, 0) is 47.8 Å². The van der Waals surface area contributed by atoms with Crippen molar-refractivity contribution in [2.45, 2.75) is 26.7 Å². The summed E-state index contributed by atoms with van der Waals surface area (Å²) in [4.78, 5) is 11.9. The van der Waals surface area contributed by atoms with Crippen molar-refractivity contribution in [2.24, 2.45) is 22.4 Å². The number of aromatic hydroxyl groups is 1. The minimum Gasteiger partial charge on any atom is -0.507 e. The van der Waals surface area contributed by atoms with E-state index in [1.807, 2.05) is 0 Å². The molecule has 3 aliphatic carbocycles. The fourth-order valence-corrected chi connectivity index (χ4v) is 3.44. The molecule has 1 amide bonds. The zero-order valence-corrected chi connectivity index (χ0v) is 12.3. The molecule has 2 atom stereocenters. The number of phenolic OH excluding ortho intramolecular Hbond substituents is 1. The van der Waals surface area contributed by atoms with Crippen LogP contribution in [-0.2, 0) is 0 Å². The first kappa shape index (κ1) is 13.9. The standard InChI is InChI=1S/C17H20N2O2/c1-17(2)12-8-7-11(14(17)9-12)10-18-19-16(21)13-5-3-4-6-15(13)20/h3-7,10,12,14,20H,8-9H2,1-2H3,(H,19,21). The van der Waals surface area contributed by atoms with Crippen LogP contribution < -0.4 is 5.43 Å². The molecule has 21 heavy (non-hydrogen) atoms. The van der Waals surface area contributed by atoms with E-state index >= 15 is 0 Å². The van der Waals surface area contributed by atoms with Crippen molar-refractivity contribution in [1.82, 2.24) is 5.43 Å². The summed E-state index contributed by atoms with van der Waals surface area (Å²) in [7, 11) is 0. The first-order valence-corrected chi connectivity index (χ1v) is 7.31. The Balaban J connectivity index is 1.65. The lowest BCUT2D eigenvalue weighted by atomic mass is 9.49. The third-order valence-electron chi connectivity index (χ3n) is 5.04. The van der Waals surface area contributed by atoms with Gasteiger partial charge in [0.05, 0.1) is 11.8 Å². The van der Waals surface area contributed by atoms with Crippen LogP contribution in [0, 0.1) is 17.3 Å². The summed E-state index contributed by atoms with van der Waals surface area (Å²) >= 11 is 0. The second-order valence-electron chi connectivity index (χ2n) is 6.46. The van der Waals surface area contributed by atoms with E-state index in [4.69, 9.17) is 0 Å². The number of rotatable bonds is 3. The summed E-state index contributed by atoms with van der Waals surface area (Å²) in [6.07, 6.45) is 6.29. The molecule has 0 heterocycles. The van der Waals surface area contributed by atoms with Gasteiger partial charge in [-0.2, -0.15) is 5.10 Å². The van der Waals surface area contributed by atoms with Crippen molar-refractivity contribution < 1.29 is 9.90 Å². The number of phenols is 1. The van der Waals surface area contributed by atoms with Crippen LogP contribution in [0.4, 0.5) is 0 Å². The van der Waals surface area contributed by atoms with E-state index in [1.165, 1.54) is 18.1 Å². The molecule has 110 valence electrons. The van der Waals surface area contributed by atoms with Crippen molar-refractivity contribution in [3.8, 4) is 5.75 Å². The maximum Gasteiger partial charge on any atom is 0.275 e. The Kier molecular flexibility index (Phi) is 3.32. The van der Waals surface area contributed by atoms with Gasteiger partial charge in [-0.15, -0.1) is 0 Å². The van der Waals surface area contributed by atoms with Gasteiger partial charge < -0.3 is 5.11 Å². The molecular weight excluding hydrogens is 264 g/mol. The molecule has 2 N–H and O–H groups in total. The minimum absolute atomic E-state index is 0.0370. The Labute approximate surface area is 124 Å². The van der Waals surface area contributed by atoms with Gasteiger partial charge in [0.1, 0.15) is 5.75 Å². The van der Waals surface area contributed by atoms with Crippen molar-refractivity contribution in [3.63, 3.8) is 0 Å². The second-order valence-corrected chi connectivity index (χ2v) is 6.46. The summed E-state index contributed by atoms with van der Waals surface area (Å²) in [5.74, 6) is 0.897. The number of hydrogen-bond donors (Lipinski definition) is 2. The minimum atomic E-state index is -0.397. The van der Waals surface area contributed by atoms with Crippen LogP contribution in [0.1, 0.15) is 37.0 Å². The Bertz CT molecular complexity index is 631. The number of allylic oxidation sites excluding steroid dienone is 2. The molecule has 4 nitrogen and oxygen atoms in total. The molecule has 1 aromatic carbocycles. The first-order valence-electron chi connectivity index (χ1n) is 7.31. The largest absolute Gasteiger partial charge is 0.507 e. The van der Waals surface area contributed by atoms with Gasteiger partial charge in [-0.1, -0.05) is 32.1 Å². The van der Waals surface area contributed by atoms with E-state index in [-0.39, 0.29) is 11.3 Å². The summed E-state index contributed by atoms with van der Waals surface area (Å²) in [5.41, 5.74) is 4.27. The van der Waals surface area contributed by atoms with E-state index in [9.17, 15) is 9.90 Å². The van der Waals surface area contributed by atoms with Crippen molar-refractivity contribution in [2.75, 3.05) is 0 Å². The van der Waals surface area contributed by atoms with Gasteiger partial charge in [0.15, 0.2) is 0 Å². The van der Waals surface area contributed by atoms with Crippen LogP contribution in [-0.4, -0.2) is 17.2 Å². The molecule has 1 saturated carbocycles. The van der Waals surface area contributed by atoms with E-state index < -0.39 is 5.91 Å². The number of benzene rings is 1. The van der Waals surface area contributed by atoms with Gasteiger partial charge in [-0.25, -0.2) is 5.43 Å². The third-order valence-corrected chi connectivity index (χ3v) is 5.04. The lowest BCUT2D eigenvalue weighted by Crippen LogP contribution is -2.48. The Hall–Kier alpha value is -2.10. The number of nitrogens with one attached hydrogen (secondary N) is 1. The molecule has 4 heteroatoms. The molecule has 0 aliphatic heterocycles. The molecule has 0 spiro atoms. The zero-order valence-electron chi connectivity index (χ0n) is 12.3. The number of hydrogen-bond acceptors (Lipinski definition) is 3. The lowest BCUT2D eigenvalue weighted by Gasteiger charge is -2.55. The highest BCUT2D eigenvalue weighted by molar-refractivity contribution is 5.97. The van der Waals surface area contributed by atoms with E-state index in [2.05, 4.69) is 30.5 Å². The van der Waals surface area contributed by atoms with Crippen LogP contribution >= 0.6 is 0 Å². The molecule has 0 aromatic heterocycles. The number of nitrogens with zero attached hydrogens (tertiary/aromatic N) is 1. The summed E-state index contributed by atoms with van der Waals surface area (Å²) in [6.45, 7) is 4.60. The SMILES string of the molecule is CC1(C)C2CC=C(C=NNC(=O)c3ccccc3O)C1C2. The highest BCUT2D eigenvalue weighted by Crippen LogP contribution is 2.58. The van der Waals surface area contributed by atoms with Gasteiger partial charge in [-0.3, -0.25) is 4.79 Å². The molecule has 0 radical (unpaired) electrons. The van der Waals surface area contributed by atoms with E-state index in [0.29, 0.717) is 11.3 Å². The Morgan fingerprint density at radius 3 is 2.86 bits per heavy atom. The molecule has 0 saturated heterocycles. The van der Waals surface area contributed by atoms with E-state index in [0.717, 1.165) is 12.3 Å². The number of para-hydroxylation sites is 1. The fraction of sp³-hybridized carbons (Fsp3) is 0.412. The van der Waals surface area contributed by atoms with E-state index in [1.54, 1.807) is 24.4 Å². The molecule has 1 aromatic rings. The Morgan fingerprint density at radius 1 is 1.43 bits per heavy atom. The van der Waals surface area contributed by atoms with Crippen LogP contribution in [0.5, 0.6) is 5.75 Å². The van der Waals surface area contributed by atoms with Crippen LogP contribution in [0.2, 0.25) is 0 Å². The predicted octanol–water partition coefficient (Wildman–Crippen LogP) is 3.10. The van der Waals surface area contributed by atoms with Gasteiger partial charge in [0, 0.05) is 0 Å². The smallest absolute Gasteiger partial charge is 0.275 e. The molecule has 2 unspecified atom stereocenters. The van der Waals surface area contributed by atoms with Gasteiger partial charge in [0.25, 0.3) is 5.91 Å². The van der Waals surface area contributed by atoms with Crippen LogP contribution in [0.25, 0.3) is 0 Å². The molecule has 4 rings (SSSR count). The second kappa shape index (κ2) is 5.02. The monoisotopic (exact) mass is 284 g/mol. The maximum atomic E-state index is 11.9. The molecule has 3 aliphatic rings. The fourth-order valence-electron chi connectivity index (χ4n) is 3.44. The van der Waals surface area contributed by atoms with Crippen LogP contribution in [0.3, 0.4) is 0 Å². The highest BCUT2D eigenvalue weighted by atomic mass is 16.3. The number of hydrazone groups is 1. The summed E-state index contributed by atoms with van der Waals surface area (Å²) < 4.78 is 0. The van der Waals surface area contributed by atoms with Crippen molar-refractivity contribution in [3.05, 3.63) is 41.5 Å². The average molecular weight is 284 g/mol.